The van der Waals surface area contributed by atoms with Crippen LogP contribution in [0.5, 0.6) is 0 Å². The first-order valence-electron chi connectivity index (χ1n) is 4.33. The summed E-state index contributed by atoms with van der Waals surface area (Å²) in [7, 11) is 1.81. The zero-order valence-corrected chi connectivity index (χ0v) is 8.25. The predicted molar refractivity (Wildman–Crippen MR) is 54.4 cm³/mol. The SMILES string of the molecule is CN(CCC#N)c1ccc([N+](=O)[O-])nc1. The Morgan fingerprint density at radius 3 is 2.87 bits per heavy atom. The number of aromatic nitrogens is 1. The standard InChI is InChI=1S/C9H10N4O2/c1-12(6-2-5-10)8-3-4-9(11-7-8)13(14)15/h3-4,7H,2,6H2,1H3. The van der Waals surface area contributed by atoms with Gasteiger partial charge in [-0.05, 0) is 16.0 Å². The third-order valence-corrected chi connectivity index (χ3v) is 1.92. The van der Waals surface area contributed by atoms with Gasteiger partial charge in [0, 0.05) is 19.7 Å². The smallest absolute Gasteiger partial charge is 0.363 e. The van der Waals surface area contributed by atoms with Crippen LogP contribution in [-0.2, 0) is 0 Å². The predicted octanol–water partition coefficient (Wildman–Crippen LogP) is 1.34. The number of nitro groups is 1. The molecule has 78 valence electrons. The van der Waals surface area contributed by atoms with Crippen LogP contribution in [-0.4, -0.2) is 23.5 Å². The molecule has 15 heavy (non-hydrogen) atoms. The number of pyridine rings is 1. The first-order valence-corrected chi connectivity index (χ1v) is 4.33. The molecule has 0 unspecified atom stereocenters. The van der Waals surface area contributed by atoms with E-state index in [0.717, 1.165) is 5.69 Å². The molecule has 6 nitrogen and oxygen atoms in total. The minimum atomic E-state index is -0.543. The van der Waals surface area contributed by atoms with Gasteiger partial charge >= 0.3 is 5.82 Å². The van der Waals surface area contributed by atoms with Gasteiger partial charge in [-0.1, -0.05) is 0 Å². The Morgan fingerprint density at radius 1 is 1.67 bits per heavy atom. The summed E-state index contributed by atoms with van der Waals surface area (Å²) in [4.78, 5) is 15.3. The fourth-order valence-corrected chi connectivity index (χ4v) is 1.06. The number of anilines is 1. The molecule has 0 radical (unpaired) electrons. The third kappa shape index (κ3) is 2.91. The Morgan fingerprint density at radius 2 is 2.40 bits per heavy atom. The van der Waals surface area contributed by atoms with E-state index in [0.29, 0.717) is 13.0 Å². The van der Waals surface area contributed by atoms with Gasteiger partial charge in [0.25, 0.3) is 0 Å². The number of hydrogen-bond donors (Lipinski definition) is 0. The van der Waals surface area contributed by atoms with Crippen LogP contribution in [0.1, 0.15) is 6.42 Å². The number of nitrogens with zero attached hydrogens (tertiary/aromatic N) is 4. The second-order valence-corrected chi connectivity index (χ2v) is 2.96. The first-order chi connectivity index (χ1) is 7.15. The molecule has 0 aliphatic rings. The van der Waals surface area contributed by atoms with Crippen LogP contribution < -0.4 is 4.90 Å². The van der Waals surface area contributed by atoms with Crippen LogP contribution in [0.15, 0.2) is 18.3 Å². The van der Waals surface area contributed by atoms with E-state index in [9.17, 15) is 10.1 Å². The Bertz CT molecular complexity index is 382. The fraction of sp³-hybridized carbons (Fsp3) is 0.333. The van der Waals surface area contributed by atoms with Crippen molar-refractivity contribution in [3.05, 3.63) is 28.4 Å². The van der Waals surface area contributed by atoms with Crippen molar-refractivity contribution in [3.8, 4) is 6.07 Å². The van der Waals surface area contributed by atoms with Crippen molar-refractivity contribution in [1.82, 2.24) is 4.98 Å². The van der Waals surface area contributed by atoms with E-state index < -0.39 is 4.92 Å². The van der Waals surface area contributed by atoms with Gasteiger partial charge in [-0.2, -0.15) is 5.26 Å². The molecule has 0 amide bonds. The molecule has 0 bridgehead atoms. The topological polar surface area (TPSA) is 83.1 Å². The average molecular weight is 206 g/mol. The van der Waals surface area contributed by atoms with Crippen molar-refractivity contribution >= 4 is 11.5 Å². The summed E-state index contributed by atoms with van der Waals surface area (Å²) < 4.78 is 0. The minimum Gasteiger partial charge on any atom is -0.371 e. The molecule has 0 aliphatic carbocycles. The lowest BCUT2D eigenvalue weighted by Gasteiger charge is -2.15. The van der Waals surface area contributed by atoms with Crippen LogP contribution in [0.3, 0.4) is 0 Å². The maximum atomic E-state index is 10.3. The van der Waals surface area contributed by atoms with Gasteiger partial charge in [-0.3, -0.25) is 0 Å². The Balaban J connectivity index is 2.71. The van der Waals surface area contributed by atoms with Crippen LogP contribution in [0, 0.1) is 21.4 Å². The molecule has 1 aromatic rings. The Hall–Kier alpha value is -2.16. The zero-order valence-electron chi connectivity index (χ0n) is 8.25. The van der Waals surface area contributed by atoms with Crippen LogP contribution in [0.2, 0.25) is 0 Å². The fourth-order valence-electron chi connectivity index (χ4n) is 1.06. The van der Waals surface area contributed by atoms with Crippen LogP contribution in [0.4, 0.5) is 11.5 Å². The summed E-state index contributed by atoms with van der Waals surface area (Å²) in [6.07, 6.45) is 1.84. The molecule has 0 saturated carbocycles. The molecule has 0 spiro atoms. The van der Waals surface area contributed by atoms with Crippen molar-refractivity contribution < 1.29 is 4.92 Å². The highest BCUT2D eigenvalue weighted by molar-refractivity contribution is 5.45. The van der Waals surface area contributed by atoms with Crippen molar-refractivity contribution in [1.29, 1.82) is 5.26 Å². The molecule has 0 fully saturated rings. The lowest BCUT2D eigenvalue weighted by molar-refractivity contribution is -0.389. The summed E-state index contributed by atoms with van der Waals surface area (Å²) in [5.41, 5.74) is 0.760. The Labute approximate surface area is 86.9 Å². The lowest BCUT2D eigenvalue weighted by atomic mass is 10.3. The summed E-state index contributed by atoms with van der Waals surface area (Å²) in [5.74, 6) is -0.174. The quantitative estimate of drug-likeness (QED) is 0.548. The summed E-state index contributed by atoms with van der Waals surface area (Å²) in [6.45, 7) is 0.579. The number of rotatable bonds is 4. The molecular weight excluding hydrogens is 196 g/mol. The molecule has 0 aromatic carbocycles. The monoisotopic (exact) mass is 206 g/mol. The summed E-state index contributed by atoms with van der Waals surface area (Å²) in [5, 5.41) is 18.7. The molecule has 1 rings (SSSR count). The molecule has 0 saturated heterocycles. The van der Waals surface area contributed by atoms with Crippen molar-refractivity contribution in [2.24, 2.45) is 0 Å². The number of nitriles is 1. The summed E-state index contributed by atoms with van der Waals surface area (Å²) >= 11 is 0. The van der Waals surface area contributed by atoms with E-state index in [1.165, 1.54) is 12.3 Å². The molecule has 0 N–H and O–H groups in total. The third-order valence-electron chi connectivity index (χ3n) is 1.92. The van der Waals surface area contributed by atoms with E-state index in [1.54, 1.807) is 13.1 Å². The van der Waals surface area contributed by atoms with E-state index in [-0.39, 0.29) is 5.82 Å². The van der Waals surface area contributed by atoms with Gasteiger partial charge in [0.1, 0.15) is 0 Å². The molecule has 1 heterocycles. The maximum absolute atomic E-state index is 10.3. The highest BCUT2D eigenvalue weighted by Crippen LogP contribution is 2.14. The van der Waals surface area contributed by atoms with Crippen molar-refractivity contribution in [2.45, 2.75) is 6.42 Å². The van der Waals surface area contributed by atoms with E-state index >= 15 is 0 Å². The highest BCUT2D eigenvalue weighted by Gasteiger charge is 2.08. The van der Waals surface area contributed by atoms with Crippen molar-refractivity contribution in [3.63, 3.8) is 0 Å². The van der Waals surface area contributed by atoms with Gasteiger partial charge in [-0.15, -0.1) is 0 Å². The van der Waals surface area contributed by atoms with Crippen LogP contribution >= 0.6 is 0 Å². The van der Waals surface area contributed by atoms with Gasteiger partial charge in [0.2, 0.25) is 0 Å². The number of hydrogen-bond acceptors (Lipinski definition) is 5. The van der Waals surface area contributed by atoms with Gasteiger partial charge < -0.3 is 15.0 Å². The van der Waals surface area contributed by atoms with Gasteiger partial charge in [0.05, 0.1) is 18.2 Å². The van der Waals surface area contributed by atoms with Gasteiger partial charge in [0.15, 0.2) is 6.20 Å². The van der Waals surface area contributed by atoms with Gasteiger partial charge in [-0.25, -0.2) is 0 Å². The Kier molecular flexibility index (Phi) is 3.57. The van der Waals surface area contributed by atoms with E-state index in [1.807, 2.05) is 11.0 Å². The van der Waals surface area contributed by atoms with Crippen LogP contribution in [0.25, 0.3) is 0 Å². The zero-order chi connectivity index (χ0) is 11.3. The molecule has 0 aliphatic heterocycles. The minimum absolute atomic E-state index is 0.174. The molecule has 6 heteroatoms. The maximum Gasteiger partial charge on any atom is 0.363 e. The summed E-state index contributed by atoms with van der Waals surface area (Å²) in [6, 6.07) is 4.99. The lowest BCUT2D eigenvalue weighted by Crippen LogP contribution is -2.18. The largest absolute Gasteiger partial charge is 0.371 e. The average Bonchev–Trinajstić information content (AvgIpc) is 2.26. The molecule has 1 aromatic heterocycles. The van der Waals surface area contributed by atoms with E-state index in [4.69, 9.17) is 5.26 Å². The first kappa shape index (κ1) is 10.9. The normalized spacial score (nSPS) is 9.33. The highest BCUT2D eigenvalue weighted by atomic mass is 16.6. The molecule has 0 atom stereocenters. The second kappa shape index (κ2) is 4.91. The van der Waals surface area contributed by atoms with Crippen molar-refractivity contribution in [2.75, 3.05) is 18.5 Å². The van der Waals surface area contributed by atoms with E-state index in [2.05, 4.69) is 4.98 Å². The second-order valence-electron chi connectivity index (χ2n) is 2.96. The molecular formula is C9H10N4O2.